The summed E-state index contributed by atoms with van der Waals surface area (Å²) >= 11 is 0. The van der Waals surface area contributed by atoms with Crippen molar-refractivity contribution < 1.29 is 93.5 Å². The highest BCUT2D eigenvalue weighted by Crippen LogP contribution is 2.36. The standard InChI is InChI=1S/C12H25F3O4Si.C8H13F3OSi.C6H13F3O4Si.CH4.2H2O/c1-5-17-20(18-6-2,19-7-3)10-8-9-11(4,16)12(13,14)15;1-3-13-6-4-5-7(2,12)8(9,10)11;1-5(10,6(7,8)9)3-2-4-14(11,12)13;;;/h16H,5-10H2,1-4H3;1,12H,4-6,13H2,2H3;10-13H,2-4H2,1H3;1H4;2*1H2. The summed E-state index contributed by atoms with van der Waals surface area (Å²) in [5.41, 5.74) is -5.64. The van der Waals surface area contributed by atoms with Gasteiger partial charge in [-0.15, -0.1) is 12.0 Å². The summed E-state index contributed by atoms with van der Waals surface area (Å²) in [6, 6.07) is 0.400. The van der Waals surface area contributed by atoms with Gasteiger partial charge in [-0.1, -0.05) is 19.9 Å². The van der Waals surface area contributed by atoms with Gasteiger partial charge in [-0.25, -0.2) is 0 Å². The maximum absolute atomic E-state index is 12.6. The van der Waals surface area contributed by atoms with Crippen LogP contribution in [0, 0.1) is 12.0 Å². The molecule has 0 aromatic rings. The van der Waals surface area contributed by atoms with Crippen LogP contribution in [0.4, 0.5) is 39.5 Å². The van der Waals surface area contributed by atoms with E-state index in [0.717, 1.165) is 13.8 Å². The Morgan fingerprint density at radius 3 is 1.12 bits per heavy atom. The van der Waals surface area contributed by atoms with E-state index in [-0.39, 0.29) is 43.7 Å². The van der Waals surface area contributed by atoms with Gasteiger partial charge < -0.3 is 53.9 Å². The van der Waals surface area contributed by atoms with Gasteiger partial charge in [0.15, 0.2) is 16.8 Å². The smallest absolute Gasteiger partial charge is 0.412 e. The highest BCUT2D eigenvalue weighted by molar-refractivity contribution is 6.60. The summed E-state index contributed by atoms with van der Waals surface area (Å²) < 4.78 is 127. The van der Waals surface area contributed by atoms with E-state index in [1.54, 1.807) is 20.8 Å². The predicted molar refractivity (Wildman–Crippen MR) is 177 cm³/mol. The molecule has 3 atom stereocenters. The number of hydrogen-bond donors (Lipinski definition) is 6. The molecule has 0 spiro atoms. The summed E-state index contributed by atoms with van der Waals surface area (Å²) in [6.07, 6.45) is -10.1. The first-order valence-electron chi connectivity index (χ1n) is 14.8. The second-order valence-corrected chi connectivity index (χ2v) is 17.6. The Morgan fingerprint density at radius 1 is 0.600 bits per heavy atom. The van der Waals surface area contributed by atoms with Gasteiger partial charge in [-0.3, -0.25) is 0 Å². The monoisotopic (exact) mass is 814 g/mol. The Hall–Kier alpha value is -0.859. The van der Waals surface area contributed by atoms with Gasteiger partial charge in [-0.2, -0.15) is 39.5 Å². The minimum Gasteiger partial charge on any atom is -0.412 e. The molecule has 0 saturated heterocycles. The van der Waals surface area contributed by atoms with Crippen LogP contribution in [-0.2, 0) is 13.3 Å². The van der Waals surface area contributed by atoms with Crippen LogP contribution >= 0.6 is 0 Å². The van der Waals surface area contributed by atoms with E-state index in [9.17, 15) is 44.6 Å². The zero-order chi connectivity index (χ0) is 38.0. The second-order valence-electron chi connectivity index (χ2n) is 11.2. The Balaban J connectivity index is -0.000000145. The molecular weight excluding hydrogens is 756 g/mol. The molecule has 0 saturated carbocycles. The topological polar surface area (TPSA) is 212 Å². The fourth-order valence-corrected chi connectivity index (χ4v) is 7.41. The van der Waals surface area contributed by atoms with Gasteiger partial charge in [0, 0.05) is 31.9 Å². The number of hydrogen-bond acceptors (Lipinski definition) is 9. The largest absolute Gasteiger partial charge is 0.500 e. The van der Waals surface area contributed by atoms with E-state index in [2.05, 4.69) is 5.54 Å². The van der Waals surface area contributed by atoms with Gasteiger partial charge in [-0.05, 0) is 73.6 Å². The number of rotatable bonds is 18. The maximum atomic E-state index is 12.6. The minimum absolute atomic E-state index is 0. The molecule has 0 bridgehead atoms. The lowest BCUT2D eigenvalue weighted by Gasteiger charge is -2.30. The molecule has 0 heterocycles. The van der Waals surface area contributed by atoms with Crippen LogP contribution in [-0.4, -0.2) is 123 Å². The summed E-state index contributed by atoms with van der Waals surface area (Å²) in [4.78, 5) is 25.5. The van der Waals surface area contributed by atoms with Gasteiger partial charge in [0.05, 0.1) is 0 Å². The molecule has 308 valence electrons. The summed E-state index contributed by atoms with van der Waals surface area (Å²) in [7, 11) is -7.87. The first-order chi connectivity index (χ1) is 20.9. The Kier molecular flexibility index (Phi) is 31.8. The highest BCUT2D eigenvalue weighted by Gasteiger charge is 2.51. The fourth-order valence-electron chi connectivity index (χ4n) is 3.44. The maximum Gasteiger partial charge on any atom is 0.500 e. The molecule has 10 N–H and O–H groups in total. The quantitative estimate of drug-likeness (QED) is 0.0518. The molecule has 0 aromatic heterocycles. The van der Waals surface area contributed by atoms with Crippen LogP contribution in [0.5, 0.6) is 0 Å². The zero-order valence-electron chi connectivity index (χ0n) is 28.6. The van der Waals surface area contributed by atoms with Crippen molar-refractivity contribution in [3.63, 3.8) is 0 Å². The van der Waals surface area contributed by atoms with Gasteiger partial charge in [0.1, 0.15) is 9.52 Å². The Morgan fingerprint density at radius 2 is 0.880 bits per heavy atom. The zero-order valence-corrected chi connectivity index (χ0v) is 32.0. The second kappa shape index (κ2) is 26.0. The molecule has 0 aromatic carbocycles. The number of aliphatic hydroxyl groups is 3. The van der Waals surface area contributed by atoms with Crippen LogP contribution in [0.25, 0.3) is 0 Å². The summed E-state index contributed by atoms with van der Waals surface area (Å²) in [5.74, 6) is 0. The van der Waals surface area contributed by atoms with Crippen molar-refractivity contribution in [2.45, 2.75) is 141 Å². The van der Waals surface area contributed by atoms with Crippen molar-refractivity contribution in [1.82, 2.24) is 0 Å². The molecule has 50 heavy (non-hydrogen) atoms. The normalized spacial score (nSPS) is 16.0. The summed E-state index contributed by atoms with van der Waals surface area (Å²) in [5, 5.41) is 27.3. The molecule has 0 radical (unpaired) electrons. The van der Waals surface area contributed by atoms with Crippen molar-refractivity contribution in [1.29, 1.82) is 0 Å². The SMILES string of the molecule is C.C#C[SiH2]CCCC(C)(O)C(F)(F)F.CC(O)(CCC[Si](O)(O)O)C(F)(F)F.CCO[Si](CCCC(C)(O)C(F)(F)F)(OCC)OCC.O.O. The third-order valence-electron chi connectivity index (χ3n) is 6.48. The fraction of sp³-hybridized carbons (Fsp3) is 0.926. The average Bonchev–Trinajstić information content (AvgIpc) is 2.85. The van der Waals surface area contributed by atoms with Gasteiger partial charge >= 0.3 is 36.1 Å². The molecule has 0 aliphatic rings. The first kappa shape index (κ1) is 61.2. The lowest BCUT2D eigenvalue weighted by molar-refractivity contribution is -0.255. The molecule has 23 heteroatoms. The van der Waals surface area contributed by atoms with Crippen molar-refractivity contribution >= 4 is 27.1 Å². The number of alkyl halides is 9. The van der Waals surface area contributed by atoms with Crippen LogP contribution in [0.1, 0.15) is 87.5 Å². The van der Waals surface area contributed by atoms with E-state index < -0.39 is 81.3 Å². The van der Waals surface area contributed by atoms with Crippen LogP contribution in [0.2, 0.25) is 18.1 Å². The van der Waals surface area contributed by atoms with Crippen molar-refractivity contribution in [3.05, 3.63) is 0 Å². The first-order valence-corrected chi connectivity index (χ1v) is 20.5. The minimum atomic E-state index is -4.75. The van der Waals surface area contributed by atoms with E-state index in [0.29, 0.717) is 39.2 Å². The highest BCUT2D eigenvalue weighted by atomic mass is 28.4. The Bertz CT molecular complexity index is 862. The molecular formula is C27H59F9O11Si3. The molecule has 0 aliphatic heterocycles. The van der Waals surface area contributed by atoms with Crippen molar-refractivity contribution in [2.24, 2.45) is 0 Å². The van der Waals surface area contributed by atoms with E-state index >= 15 is 0 Å². The van der Waals surface area contributed by atoms with Crippen molar-refractivity contribution in [2.75, 3.05) is 19.8 Å². The molecule has 11 nitrogen and oxygen atoms in total. The third kappa shape index (κ3) is 26.8. The van der Waals surface area contributed by atoms with Crippen LogP contribution in [0.3, 0.4) is 0 Å². The van der Waals surface area contributed by atoms with E-state index in [1.807, 2.05) is 0 Å². The molecule has 3 unspecified atom stereocenters. The Labute approximate surface area is 293 Å². The molecule has 0 rings (SSSR count). The third-order valence-corrected chi connectivity index (χ3v) is 11.8. The average molecular weight is 815 g/mol. The number of halogens is 9. The van der Waals surface area contributed by atoms with Crippen LogP contribution < -0.4 is 0 Å². The lowest BCUT2D eigenvalue weighted by Crippen LogP contribution is -2.47. The van der Waals surface area contributed by atoms with Gasteiger partial charge in [0.25, 0.3) is 0 Å². The van der Waals surface area contributed by atoms with Crippen molar-refractivity contribution in [3.8, 4) is 12.0 Å². The molecule has 0 amide bonds. The van der Waals surface area contributed by atoms with Gasteiger partial charge in [0.2, 0.25) is 0 Å². The van der Waals surface area contributed by atoms with E-state index in [4.69, 9.17) is 44.3 Å². The van der Waals surface area contributed by atoms with E-state index in [1.165, 1.54) is 0 Å². The predicted octanol–water partition coefficient (Wildman–Crippen LogP) is 3.37. The number of terminal acetylenes is 1. The molecule has 0 aliphatic carbocycles. The molecule has 0 fully saturated rings. The lowest BCUT2D eigenvalue weighted by atomic mass is 10.0. The summed E-state index contributed by atoms with van der Waals surface area (Å²) in [6.45, 7) is 8.65. The van der Waals surface area contributed by atoms with Crippen LogP contribution in [0.15, 0.2) is 0 Å².